The molecule has 0 aliphatic carbocycles. The monoisotopic (exact) mass is 401 g/mol. The van der Waals surface area contributed by atoms with E-state index in [0.717, 1.165) is 21.9 Å². The molecule has 7 heteroatoms. The Balaban J connectivity index is 1.66. The number of benzene rings is 2. The van der Waals surface area contributed by atoms with Gasteiger partial charge in [0, 0.05) is 18.1 Å². The van der Waals surface area contributed by atoms with Crippen LogP contribution in [0.1, 0.15) is 11.1 Å². The zero-order valence-electron chi connectivity index (χ0n) is 16.5. The fourth-order valence-corrected chi connectivity index (χ4v) is 3.27. The molecular weight excluding hydrogens is 382 g/mol. The predicted molar refractivity (Wildman–Crippen MR) is 113 cm³/mol. The minimum Gasteiger partial charge on any atom is -0.497 e. The normalized spacial score (nSPS) is 15.5. The van der Waals surface area contributed by atoms with Gasteiger partial charge in [-0.05, 0) is 60.5 Å². The summed E-state index contributed by atoms with van der Waals surface area (Å²) in [6.45, 7) is 1.80. The molecule has 0 radical (unpaired) electrons. The van der Waals surface area contributed by atoms with E-state index in [1.54, 1.807) is 44.5 Å². The fraction of sp³-hybridized carbons (Fsp3) is 0.0870. The zero-order chi connectivity index (χ0) is 21.3. The second kappa shape index (κ2) is 7.71. The van der Waals surface area contributed by atoms with Crippen LogP contribution in [-0.2, 0) is 9.59 Å². The average Bonchev–Trinajstić information content (AvgIpc) is 3.21. The van der Waals surface area contributed by atoms with Gasteiger partial charge in [0.15, 0.2) is 0 Å². The van der Waals surface area contributed by atoms with E-state index in [1.165, 1.54) is 6.08 Å². The summed E-state index contributed by atoms with van der Waals surface area (Å²) in [5, 5.41) is 2.25. The van der Waals surface area contributed by atoms with Crippen molar-refractivity contribution in [3.05, 3.63) is 83.7 Å². The van der Waals surface area contributed by atoms with Gasteiger partial charge < -0.3 is 9.30 Å². The molecule has 150 valence electrons. The van der Waals surface area contributed by atoms with E-state index in [-0.39, 0.29) is 5.57 Å². The molecule has 2 aromatic carbocycles. The van der Waals surface area contributed by atoms with Crippen molar-refractivity contribution < 1.29 is 19.1 Å². The molecule has 0 bridgehead atoms. The summed E-state index contributed by atoms with van der Waals surface area (Å²) in [5.74, 6) is -0.624. The molecule has 1 aromatic heterocycles. The number of hydrogen-bond donors (Lipinski definition) is 1. The second-order valence-electron chi connectivity index (χ2n) is 6.79. The quantitative estimate of drug-likeness (QED) is 0.536. The van der Waals surface area contributed by atoms with Gasteiger partial charge in [-0.1, -0.05) is 18.2 Å². The molecule has 1 aliphatic rings. The number of urea groups is 1. The molecule has 30 heavy (non-hydrogen) atoms. The molecule has 0 atom stereocenters. The van der Waals surface area contributed by atoms with Crippen LogP contribution in [-0.4, -0.2) is 29.5 Å². The molecule has 7 nitrogen and oxygen atoms in total. The van der Waals surface area contributed by atoms with Gasteiger partial charge in [0.2, 0.25) is 0 Å². The molecule has 2 heterocycles. The maximum absolute atomic E-state index is 13.0. The van der Waals surface area contributed by atoms with E-state index in [2.05, 4.69) is 5.32 Å². The van der Waals surface area contributed by atoms with Crippen LogP contribution >= 0.6 is 0 Å². The number of ether oxygens (including phenoxy) is 1. The molecule has 4 rings (SSSR count). The van der Waals surface area contributed by atoms with Crippen LogP contribution in [0.5, 0.6) is 5.75 Å². The number of carbonyl (C=O) groups excluding carboxylic acids is 3. The Morgan fingerprint density at radius 2 is 1.70 bits per heavy atom. The molecule has 1 saturated heterocycles. The lowest BCUT2D eigenvalue weighted by Gasteiger charge is -2.27. The molecule has 1 N–H and O–H groups in total. The summed E-state index contributed by atoms with van der Waals surface area (Å²) < 4.78 is 7.03. The minimum absolute atomic E-state index is 0.106. The van der Waals surface area contributed by atoms with Gasteiger partial charge in [-0.3, -0.25) is 14.9 Å². The number of barbiturate groups is 1. The summed E-state index contributed by atoms with van der Waals surface area (Å²) in [6.07, 6.45) is 5.10. The van der Waals surface area contributed by atoms with E-state index in [4.69, 9.17) is 4.74 Å². The highest BCUT2D eigenvalue weighted by molar-refractivity contribution is 6.39. The Bertz CT molecular complexity index is 1180. The second-order valence-corrected chi connectivity index (χ2v) is 6.79. The highest BCUT2D eigenvalue weighted by atomic mass is 16.5. The summed E-state index contributed by atoms with van der Waals surface area (Å²) in [6, 6.07) is 15.5. The van der Waals surface area contributed by atoms with E-state index < -0.39 is 17.8 Å². The Morgan fingerprint density at radius 1 is 0.967 bits per heavy atom. The lowest BCUT2D eigenvalue weighted by molar-refractivity contribution is -0.122. The van der Waals surface area contributed by atoms with Crippen molar-refractivity contribution in [1.82, 2.24) is 9.88 Å². The number of anilines is 1. The number of carbonyl (C=O) groups is 3. The molecule has 1 aliphatic heterocycles. The van der Waals surface area contributed by atoms with Gasteiger partial charge >= 0.3 is 6.03 Å². The third-order valence-corrected chi connectivity index (χ3v) is 4.86. The molecule has 0 saturated carbocycles. The number of imide groups is 2. The standard InChI is InChI=1S/C23H19N3O4/c1-15-5-3-4-6-20(15)26-22(28)19(21(27)24-23(26)29)13-16-11-12-25(14-16)17-7-9-18(30-2)10-8-17/h3-14H,1-2H3,(H,24,27,29)/b19-13-. The van der Waals surface area contributed by atoms with Gasteiger partial charge in [-0.15, -0.1) is 0 Å². The summed E-state index contributed by atoms with van der Waals surface area (Å²) in [4.78, 5) is 38.7. The summed E-state index contributed by atoms with van der Waals surface area (Å²) in [7, 11) is 1.60. The van der Waals surface area contributed by atoms with Crippen molar-refractivity contribution in [3.8, 4) is 11.4 Å². The maximum Gasteiger partial charge on any atom is 0.335 e. The summed E-state index contributed by atoms with van der Waals surface area (Å²) >= 11 is 0. The fourth-order valence-electron chi connectivity index (χ4n) is 3.27. The SMILES string of the molecule is COc1ccc(-n2ccc(/C=C3/C(=O)NC(=O)N(c4ccccc4C)C3=O)c2)cc1. The molecule has 0 unspecified atom stereocenters. The number of aromatic nitrogens is 1. The number of amides is 4. The Hall–Kier alpha value is -4.13. The van der Waals surface area contributed by atoms with Crippen molar-refractivity contribution in [1.29, 1.82) is 0 Å². The first kappa shape index (κ1) is 19.2. The zero-order valence-corrected chi connectivity index (χ0v) is 16.5. The van der Waals surface area contributed by atoms with Gasteiger partial charge in [0.05, 0.1) is 12.8 Å². The van der Waals surface area contributed by atoms with E-state index >= 15 is 0 Å². The largest absolute Gasteiger partial charge is 0.497 e. The first-order valence-corrected chi connectivity index (χ1v) is 9.27. The van der Waals surface area contributed by atoms with Crippen LogP contribution in [0.3, 0.4) is 0 Å². The Morgan fingerprint density at radius 3 is 2.40 bits per heavy atom. The highest BCUT2D eigenvalue weighted by Crippen LogP contribution is 2.25. The van der Waals surface area contributed by atoms with Crippen molar-refractivity contribution in [2.24, 2.45) is 0 Å². The van der Waals surface area contributed by atoms with Gasteiger partial charge in [0.25, 0.3) is 11.8 Å². The number of nitrogens with zero attached hydrogens (tertiary/aromatic N) is 2. The van der Waals surface area contributed by atoms with Gasteiger partial charge in [-0.25, -0.2) is 9.69 Å². The predicted octanol–water partition coefficient (Wildman–Crippen LogP) is 3.46. The number of nitrogens with one attached hydrogen (secondary N) is 1. The highest BCUT2D eigenvalue weighted by Gasteiger charge is 2.37. The Labute approximate surface area is 173 Å². The molecular formula is C23H19N3O4. The lowest BCUT2D eigenvalue weighted by Crippen LogP contribution is -2.54. The minimum atomic E-state index is -0.757. The van der Waals surface area contributed by atoms with Crippen molar-refractivity contribution >= 4 is 29.6 Å². The van der Waals surface area contributed by atoms with Gasteiger partial charge in [-0.2, -0.15) is 0 Å². The number of para-hydroxylation sites is 1. The molecule has 4 amide bonds. The first-order chi connectivity index (χ1) is 14.5. The van der Waals surface area contributed by atoms with E-state index in [0.29, 0.717) is 11.3 Å². The van der Waals surface area contributed by atoms with Crippen LogP contribution in [0.15, 0.2) is 72.6 Å². The maximum atomic E-state index is 13.0. The van der Waals surface area contributed by atoms with Gasteiger partial charge in [0.1, 0.15) is 11.3 Å². The molecule has 3 aromatic rings. The lowest BCUT2D eigenvalue weighted by atomic mass is 10.1. The average molecular weight is 401 g/mol. The first-order valence-electron chi connectivity index (χ1n) is 9.27. The summed E-state index contributed by atoms with van der Waals surface area (Å²) in [5.41, 5.74) is 2.64. The number of hydrogen-bond acceptors (Lipinski definition) is 4. The van der Waals surface area contributed by atoms with E-state index in [1.807, 2.05) is 41.1 Å². The third kappa shape index (κ3) is 3.48. The van der Waals surface area contributed by atoms with Crippen LogP contribution in [0.25, 0.3) is 11.8 Å². The van der Waals surface area contributed by atoms with Crippen LogP contribution in [0.4, 0.5) is 10.5 Å². The van der Waals surface area contributed by atoms with Crippen molar-refractivity contribution in [2.75, 3.05) is 12.0 Å². The Kier molecular flexibility index (Phi) is 4.93. The number of aryl methyl sites for hydroxylation is 1. The third-order valence-electron chi connectivity index (χ3n) is 4.86. The van der Waals surface area contributed by atoms with E-state index in [9.17, 15) is 14.4 Å². The number of rotatable bonds is 4. The van der Waals surface area contributed by atoms with Crippen LogP contribution in [0.2, 0.25) is 0 Å². The van der Waals surface area contributed by atoms with Crippen LogP contribution in [0, 0.1) is 6.92 Å². The smallest absolute Gasteiger partial charge is 0.335 e. The van der Waals surface area contributed by atoms with Crippen molar-refractivity contribution in [2.45, 2.75) is 6.92 Å². The van der Waals surface area contributed by atoms with Crippen molar-refractivity contribution in [3.63, 3.8) is 0 Å². The molecule has 1 fully saturated rings. The topological polar surface area (TPSA) is 80.6 Å². The number of methoxy groups -OCH3 is 1. The molecule has 0 spiro atoms. The van der Waals surface area contributed by atoms with Crippen LogP contribution < -0.4 is 15.0 Å².